The molecular weight excluding hydrogens is 438 g/mol. The molecule has 1 heterocycles. The molecule has 33 heavy (non-hydrogen) atoms. The van der Waals surface area contributed by atoms with Crippen molar-refractivity contribution >= 4 is 34.9 Å². The van der Waals surface area contributed by atoms with E-state index < -0.39 is 0 Å². The Balaban J connectivity index is 1.52. The zero-order valence-corrected chi connectivity index (χ0v) is 19.1. The van der Waals surface area contributed by atoms with Gasteiger partial charge in [-0.3, -0.25) is 4.79 Å². The van der Waals surface area contributed by atoms with Crippen molar-refractivity contribution in [1.29, 1.82) is 0 Å². The van der Waals surface area contributed by atoms with Crippen LogP contribution in [0.2, 0.25) is 5.02 Å². The molecule has 4 rings (SSSR count). The van der Waals surface area contributed by atoms with E-state index in [1.165, 1.54) is 0 Å². The first-order valence-corrected chi connectivity index (χ1v) is 11.2. The first-order valence-electron chi connectivity index (χ1n) is 10.8. The van der Waals surface area contributed by atoms with E-state index in [0.717, 1.165) is 5.56 Å². The van der Waals surface area contributed by atoms with E-state index in [9.17, 15) is 9.59 Å². The standard InChI is InChI=1S/C26H26ClN3O3/c1-33-24-9-5-8-23(15-24)28-25(31)20-14-19(18-6-3-2-4-7-18)16-30(17-20)26(32)29-22-12-10-21(27)11-13-22/h2-13,15,19-20H,14,16-17H2,1H3,(H,28,31)(H,29,32)/t19-,20-/m1/s1. The van der Waals surface area contributed by atoms with Crippen LogP contribution in [0.4, 0.5) is 16.2 Å². The third-order valence-electron chi connectivity index (χ3n) is 5.81. The minimum atomic E-state index is -0.355. The summed E-state index contributed by atoms with van der Waals surface area (Å²) in [6, 6.07) is 24.0. The van der Waals surface area contributed by atoms with Crippen LogP contribution < -0.4 is 15.4 Å². The van der Waals surface area contributed by atoms with Crippen LogP contribution in [0.15, 0.2) is 78.9 Å². The van der Waals surface area contributed by atoms with Gasteiger partial charge in [0.25, 0.3) is 0 Å². The molecule has 2 N–H and O–H groups in total. The van der Waals surface area contributed by atoms with Gasteiger partial charge in [0.2, 0.25) is 5.91 Å². The first kappa shape index (κ1) is 22.7. The van der Waals surface area contributed by atoms with Gasteiger partial charge in [-0.05, 0) is 48.4 Å². The number of piperidine rings is 1. The highest BCUT2D eigenvalue weighted by molar-refractivity contribution is 6.30. The van der Waals surface area contributed by atoms with Gasteiger partial charge in [0.15, 0.2) is 0 Å². The number of ether oxygens (including phenoxy) is 1. The molecule has 1 aliphatic rings. The lowest BCUT2D eigenvalue weighted by Gasteiger charge is -2.37. The SMILES string of the molecule is COc1cccc(NC(=O)[C@@H]2C[C@@H](c3ccccc3)CN(C(=O)Nc3ccc(Cl)cc3)C2)c1. The molecule has 0 unspecified atom stereocenters. The molecule has 0 aliphatic carbocycles. The summed E-state index contributed by atoms with van der Waals surface area (Å²) in [5.74, 6) is 0.249. The molecule has 170 valence electrons. The van der Waals surface area contributed by atoms with Gasteiger partial charge in [-0.2, -0.15) is 0 Å². The number of halogens is 1. The normalized spacial score (nSPS) is 17.8. The Hall–Kier alpha value is -3.51. The molecular formula is C26H26ClN3O3. The van der Waals surface area contributed by atoms with Crippen molar-refractivity contribution in [3.05, 3.63) is 89.4 Å². The number of amides is 3. The molecule has 2 atom stereocenters. The lowest BCUT2D eigenvalue weighted by atomic mass is 9.84. The molecule has 3 aromatic carbocycles. The topological polar surface area (TPSA) is 70.7 Å². The fraction of sp³-hybridized carbons (Fsp3) is 0.231. The average molecular weight is 464 g/mol. The van der Waals surface area contributed by atoms with E-state index >= 15 is 0 Å². The number of hydrogen-bond donors (Lipinski definition) is 2. The lowest BCUT2D eigenvalue weighted by molar-refractivity contribution is -0.121. The lowest BCUT2D eigenvalue weighted by Crippen LogP contribution is -2.48. The monoisotopic (exact) mass is 463 g/mol. The summed E-state index contributed by atoms with van der Waals surface area (Å²) >= 11 is 5.95. The number of likely N-dealkylation sites (tertiary alicyclic amines) is 1. The number of anilines is 2. The summed E-state index contributed by atoms with van der Waals surface area (Å²) in [6.07, 6.45) is 0.657. The highest BCUT2D eigenvalue weighted by atomic mass is 35.5. The molecule has 3 amide bonds. The molecule has 1 saturated heterocycles. The summed E-state index contributed by atoms with van der Waals surface area (Å²) in [5.41, 5.74) is 2.43. The van der Waals surface area contributed by atoms with Crippen LogP contribution in [-0.4, -0.2) is 37.0 Å². The predicted molar refractivity (Wildman–Crippen MR) is 131 cm³/mol. The third kappa shape index (κ3) is 5.84. The number of nitrogens with one attached hydrogen (secondary N) is 2. The van der Waals surface area contributed by atoms with Gasteiger partial charge in [-0.15, -0.1) is 0 Å². The minimum absolute atomic E-state index is 0.0528. The Morgan fingerprint density at radius 1 is 0.909 bits per heavy atom. The van der Waals surface area contributed by atoms with E-state index in [1.54, 1.807) is 42.3 Å². The van der Waals surface area contributed by atoms with Crippen molar-refractivity contribution in [2.24, 2.45) is 5.92 Å². The third-order valence-corrected chi connectivity index (χ3v) is 6.06. The maximum Gasteiger partial charge on any atom is 0.321 e. The molecule has 0 radical (unpaired) electrons. The second-order valence-corrected chi connectivity index (χ2v) is 8.54. The Labute approximate surface area is 198 Å². The molecule has 0 spiro atoms. The largest absolute Gasteiger partial charge is 0.497 e. The predicted octanol–water partition coefficient (Wildman–Crippen LogP) is 5.62. The minimum Gasteiger partial charge on any atom is -0.497 e. The number of methoxy groups -OCH3 is 1. The van der Waals surface area contributed by atoms with E-state index in [-0.39, 0.29) is 23.8 Å². The van der Waals surface area contributed by atoms with Gasteiger partial charge >= 0.3 is 6.03 Å². The van der Waals surface area contributed by atoms with Crippen LogP contribution in [0, 0.1) is 5.92 Å². The van der Waals surface area contributed by atoms with Crippen LogP contribution >= 0.6 is 11.6 Å². The smallest absolute Gasteiger partial charge is 0.321 e. The quantitative estimate of drug-likeness (QED) is 0.515. The second-order valence-electron chi connectivity index (χ2n) is 8.10. The van der Waals surface area contributed by atoms with Crippen LogP contribution in [0.3, 0.4) is 0 Å². The van der Waals surface area contributed by atoms with Crippen LogP contribution in [0.25, 0.3) is 0 Å². The molecule has 6 nitrogen and oxygen atoms in total. The number of hydrogen-bond acceptors (Lipinski definition) is 3. The Morgan fingerprint density at radius 3 is 2.39 bits per heavy atom. The Morgan fingerprint density at radius 2 is 1.67 bits per heavy atom. The second kappa shape index (κ2) is 10.4. The zero-order valence-electron chi connectivity index (χ0n) is 18.3. The molecule has 1 fully saturated rings. The fourth-order valence-corrected chi connectivity index (χ4v) is 4.23. The highest BCUT2D eigenvalue weighted by Gasteiger charge is 2.34. The maximum absolute atomic E-state index is 13.2. The number of nitrogens with zero attached hydrogens (tertiary/aromatic N) is 1. The molecule has 0 aromatic heterocycles. The number of carbonyl (C=O) groups is 2. The van der Waals surface area contributed by atoms with Crippen molar-refractivity contribution in [2.75, 3.05) is 30.8 Å². The van der Waals surface area contributed by atoms with Gasteiger partial charge in [0, 0.05) is 41.5 Å². The number of carbonyl (C=O) groups excluding carboxylic acids is 2. The highest BCUT2D eigenvalue weighted by Crippen LogP contribution is 2.32. The van der Waals surface area contributed by atoms with Gasteiger partial charge in [0.05, 0.1) is 13.0 Å². The van der Waals surface area contributed by atoms with E-state index in [4.69, 9.17) is 16.3 Å². The molecule has 0 bridgehead atoms. The molecule has 1 aliphatic heterocycles. The van der Waals surface area contributed by atoms with Crippen LogP contribution in [0.5, 0.6) is 5.75 Å². The zero-order chi connectivity index (χ0) is 23.2. The van der Waals surface area contributed by atoms with Gasteiger partial charge in [0.1, 0.15) is 5.75 Å². The van der Waals surface area contributed by atoms with Crippen molar-refractivity contribution < 1.29 is 14.3 Å². The van der Waals surface area contributed by atoms with Crippen LogP contribution in [-0.2, 0) is 4.79 Å². The molecule has 7 heteroatoms. The van der Waals surface area contributed by atoms with E-state index in [1.807, 2.05) is 48.5 Å². The van der Waals surface area contributed by atoms with Crippen molar-refractivity contribution in [2.45, 2.75) is 12.3 Å². The van der Waals surface area contributed by atoms with Gasteiger partial charge in [-0.25, -0.2) is 4.79 Å². The average Bonchev–Trinajstić information content (AvgIpc) is 2.85. The van der Waals surface area contributed by atoms with Crippen molar-refractivity contribution in [3.8, 4) is 5.75 Å². The maximum atomic E-state index is 13.2. The number of benzene rings is 3. The summed E-state index contributed by atoms with van der Waals surface area (Å²) in [7, 11) is 1.59. The van der Waals surface area contributed by atoms with Gasteiger partial charge in [-0.1, -0.05) is 48.0 Å². The van der Waals surface area contributed by atoms with Gasteiger partial charge < -0.3 is 20.3 Å². The van der Waals surface area contributed by atoms with E-state index in [0.29, 0.717) is 41.7 Å². The van der Waals surface area contributed by atoms with E-state index in [2.05, 4.69) is 10.6 Å². The Kier molecular flexibility index (Phi) is 7.15. The summed E-state index contributed by atoms with van der Waals surface area (Å²) in [4.78, 5) is 28.0. The molecule has 3 aromatic rings. The molecule has 0 saturated carbocycles. The summed E-state index contributed by atoms with van der Waals surface area (Å²) in [5, 5.41) is 6.50. The summed E-state index contributed by atoms with van der Waals surface area (Å²) < 4.78 is 5.25. The first-order chi connectivity index (χ1) is 16.0. The van der Waals surface area contributed by atoms with Crippen LogP contribution in [0.1, 0.15) is 17.9 Å². The van der Waals surface area contributed by atoms with Crippen molar-refractivity contribution in [1.82, 2.24) is 4.90 Å². The summed E-state index contributed by atoms with van der Waals surface area (Å²) in [6.45, 7) is 0.866. The number of rotatable bonds is 5. The fourth-order valence-electron chi connectivity index (χ4n) is 4.10. The Bertz CT molecular complexity index is 1110. The van der Waals surface area contributed by atoms with Crippen molar-refractivity contribution in [3.63, 3.8) is 0 Å². The number of urea groups is 1.